The normalized spacial score (nSPS) is 10.8. The second kappa shape index (κ2) is 8.56. The molecule has 29 heavy (non-hydrogen) atoms. The first-order valence-corrected chi connectivity index (χ1v) is 9.61. The average molecular weight is 386 g/mol. The van der Waals surface area contributed by atoms with E-state index >= 15 is 0 Å². The SMILES string of the molecule is Cc1ccc(-n2nc(C(=O)NCCCc3ccccc3)nc2-c2ccco2)cc1. The third kappa shape index (κ3) is 4.43. The Morgan fingerprint density at radius 2 is 1.83 bits per heavy atom. The molecule has 146 valence electrons. The lowest BCUT2D eigenvalue weighted by Gasteiger charge is -2.04. The van der Waals surface area contributed by atoms with E-state index in [2.05, 4.69) is 27.5 Å². The number of nitrogens with one attached hydrogen (secondary N) is 1. The predicted molar refractivity (Wildman–Crippen MR) is 111 cm³/mol. The number of benzene rings is 2. The second-order valence-electron chi connectivity index (χ2n) is 6.83. The zero-order chi connectivity index (χ0) is 20.1. The van der Waals surface area contributed by atoms with Gasteiger partial charge in [0.1, 0.15) is 0 Å². The van der Waals surface area contributed by atoms with E-state index in [4.69, 9.17) is 4.42 Å². The molecule has 0 bridgehead atoms. The maximum absolute atomic E-state index is 12.6. The fraction of sp³-hybridized carbons (Fsp3) is 0.174. The molecule has 0 aliphatic carbocycles. The molecule has 0 unspecified atom stereocenters. The minimum atomic E-state index is -0.295. The third-order valence-corrected chi connectivity index (χ3v) is 4.60. The van der Waals surface area contributed by atoms with E-state index in [1.165, 1.54) is 5.56 Å². The largest absolute Gasteiger partial charge is 0.461 e. The van der Waals surface area contributed by atoms with Gasteiger partial charge >= 0.3 is 0 Å². The summed E-state index contributed by atoms with van der Waals surface area (Å²) in [4.78, 5) is 17.0. The van der Waals surface area contributed by atoms with Gasteiger partial charge in [-0.2, -0.15) is 4.98 Å². The van der Waals surface area contributed by atoms with Crippen LogP contribution in [0.15, 0.2) is 77.4 Å². The van der Waals surface area contributed by atoms with Crippen molar-refractivity contribution in [3.63, 3.8) is 0 Å². The van der Waals surface area contributed by atoms with Crippen molar-refractivity contribution in [3.8, 4) is 17.3 Å². The zero-order valence-corrected chi connectivity index (χ0v) is 16.2. The monoisotopic (exact) mass is 386 g/mol. The fourth-order valence-corrected chi connectivity index (χ4v) is 3.06. The van der Waals surface area contributed by atoms with Crippen LogP contribution >= 0.6 is 0 Å². The smallest absolute Gasteiger partial charge is 0.290 e. The lowest BCUT2D eigenvalue weighted by atomic mass is 10.1. The van der Waals surface area contributed by atoms with Gasteiger partial charge < -0.3 is 9.73 Å². The molecule has 4 aromatic rings. The Bertz CT molecular complexity index is 1070. The molecule has 2 aromatic heterocycles. The summed E-state index contributed by atoms with van der Waals surface area (Å²) in [5, 5.41) is 7.34. The summed E-state index contributed by atoms with van der Waals surface area (Å²) in [6, 6.07) is 21.7. The fourth-order valence-electron chi connectivity index (χ4n) is 3.06. The Morgan fingerprint density at radius 1 is 1.03 bits per heavy atom. The van der Waals surface area contributed by atoms with Crippen molar-refractivity contribution in [2.24, 2.45) is 0 Å². The molecular formula is C23H22N4O2. The third-order valence-electron chi connectivity index (χ3n) is 4.60. The molecule has 2 aromatic carbocycles. The Kier molecular flexibility index (Phi) is 5.52. The van der Waals surface area contributed by atoms with Crippen molar-refractivity contribution in [1.82, 2.24) is 20.1 Å². The number of rotatable bonds is 7. The summed E-state index contributed by atoms with van der Waals surface area (Å²) < 4.78 is 7.13. The van der Waals surface area contributed by atoms with E-state index in [0.29, 0.717) is 18.1 Å². The number of hydrogen-bond acceptors (Lipinski definition) is 4. The standard InChI is InChI=1S/C23H22N4O2/c1-17-11-13-19(14-12-17)27-22(20-10-6-16-29-20)25-21(26-27)23(28)24-15-5-9-18-7-3-2-4-8-18/h2-4,6-8,10-14,16H,5,9,15H2,1H3,(H,24,28). The summed E-state index contributed by atoms with van der Waals surface area (Å²) in [6.45, 7) is 2.58. The summed E-state index contributed by atoms with van der Waals surface area (Å²) in [5.41, 5.74) is 3.21. The van der Waals surface area contributed by atoms with Crippen molar-refractivity contribution < 1.29 is 9.21 Å². The molecule has 6 heteroatoms. The van der Waals surface area contributed by atoms with Gasteiger partial charge in [0.15, 0.2) is 11.6 Å². The number of furan rings is 1. The molecule has 0 saturated carbocycles. The van der Waals surface area contributed by atoms with Gasteiger partial charge in [0.2, 0.25) is 5.82 Å². The summed E-state index contributed by atoms with van der Waals surface area (Å²) in [6.07, 6.45) is 3.33. The molecule has 1 N–H and O–H groups in total. The van der Waals surface area contributed by atoms with Gasteiger partial charge in [-0.05, 0) is 49.6 Å². The van der Waals surface area contributed by atoms with Crippen molar-refractivity contribution in [2.75, 3.05) is 6.54 Å². The summed E-state index contributed by atoms with van der Waals surface area (Å²) >= 11 is 0. The first-order valence-electron chi connectivity index (χ1n) is 9.61. The Labute approximate surface area is 169 Å². The molecule has 0 fully saturated rings. The van der Waals surface area contributed by atoms with Crippen molar-refractivity contribution in [3.05, 3.63) is 89.9 Å². The van der Waals surface area contributed by atoms with E-state index in [9.17, 15) is 4.79 Å². The predicted octanol–water partition coefficient (Wildman–Crippen LogP) is 4.20. The van der Waals surface area contributed by atoms with Crippen molar-refractivity contribution in [1.29, 1.82) is 0 Å². The van der Waals surface area contributed by atoms with Gasteiger partial charge in [0.05, 0.1) is 12.0 Å². The van der Waals surface area contributed by atoms with E-state index in [1.54, 1.807) is 23.1 Å². The highest BCUT2D eigenvalue weighted by Crippen LogP contribution is 2.22. The first kappa shape index (κ1) is 18.7. The number of amides is 1. The number of aromatic nitrogens is 3. The van der Waals surface area contributed by atoms with Crippen molar-refractivity contribution >= 4 is 5.91 Å². The van der Waals surface area contributed by atoms with Crippen LogP contribution < -0.4 is 5.32 Å². The molecule has 0 aliphatic rings. The van der Waals surface area contributed by atoms with Crippen LogP contribution in [-0.2, 0) is 6.42 Å². The molecule has 0 spiro atoms. The first-order chi connectivity index (χ1) is 14.2. The van der Waals surface area contributed by atoms with Crippen LogP contribution in [0.25, 0.3) is 17.3 Å². The number of aryl methyl sites for hydroxylation is 2. The quantitative estimate of drug-likeness (QED) is 0.483. The molecule has 0 aliphatic heterocycles. The van der Waals surface area contributed by atoms with Gasteiger partial charge in [0.25, 0.3) is 5.91 Å². The van der Waals surface area contributed by atoms with Gasteiger partial charge in [-0.15, -0.1) is 5.10 Å². The molecular weight excluding hydrogens is 364 g/mol. The molecule has 4 rings (SSSR count). The molecule has 0 saturated heterocycles. The number of hydrogen-bond donors (Lipinski definition) is 1. The van der Waals surface area contributed by atoms with Gasteiger partial charge in [-0.3, -0.25) is 4.79 Å². The number of nitrogens with zero attached hydrogens (tertiary/aromatic N) is 3. The van der Waals surface area contributed by atoms with Gasteiger partial charge in [0, 0.05) is 6.54 Å². The highest BCUT2D eigenvalue weighted by molar-refractivity contribution is 5.90. The van der Waals surface area contributed by atoms with Crippen molar-refractivity contribution in [2.45, 2.75) is 19.8 Å². The van der Waals surface area contributed by atoms with Crippen LogP contribution in [-0.4, -0.2) is 27.2 Å². The minimum Gasteiger partial charge on any atom is -0.461 e. The van der Waals surface area contributed by atoms with Crippen LogP contribution in [0, 0.1) is 6.92 Å². The minimum absolute atomic E-state index is 0.122. The Balaban J connectivity index is 1.49. The van der Waals surface area contributed by atoms with E-state index < -0.39 is 0 Å². The summed E-state index contributed by atoms with van der Waals surface area (Å²) in [5.74, 6) is 0.878. The van der Waals surface area contributed by atoms with Crippen LogP contribution in [0.5, 0.6) is 0 Å². The van der Waals surface area contributed by atoms with Crippen LogP contribution in [0.3, 0.4) is 0 Å². The number of carbonyl (C=O) groups excluding carboxylic acids is 1. The van der Waals surface area contributed by atoms with Gasteiger partial charge in [-0.1, -0.05) is 48.0 Å². The van der Waals surface area contributed by atoms with Crippen LogP contribution in [0.1, 0.15) is 28.2 Å². The Morgan fingerprint density at radius 3 is 2.55 bits per heavy atom. The van der Waals surface area contributed by atoms with Crippen LogP contribution in [0.2, 0.25) is 0 Å². The van der Waals surface area contributed by atoms with Gasteiger partial charge in [-0.25, -0.2) is 4.68 Å². The molecule has 0 radical (unpaired) electrons. The Hall–Kier alpha value is -3.67. The lowest BCUT2D eigenvalue weighted by Crippen LogP contribution is -2.26. The molecule has 2 heterocycles. The van der Waals surface area contributed by atoms with E-state index in [-0.39, 0.29) is 11.7 Å². The maximum atomic E-state index is 12.6. The number of carbonyl (C=O) groups is 1. The zero-order valence-electron chi connectivity index (χ0n) is 16.2. The maximum Gasteiger partial charge on any atom is 0.290 e. The average Bonchev–Trinajstić information content (AvgIpc) is 3.42. The highest BCUT2D eigenvalue weighted by atomic mass is 16.3. The topological polar surface area (TPSA) is 73.0 Å². The van der Waals surface area contributed by atoms with Crippen LogP contribution in [0.4, 0.5) is 0 Å². The van der Waals surface area contributed by atoms with E-state index in [1.807, 2.05) is 49.4 Å². The highest BCUT2D eigenvalue weighted by Gasteiger charge is 2.20. The van der Waals surface area contributed by atoms with E-state index in [0.717, 1.165) is 24.1 Å². The lowest BCUT2D eigenvalue weighted by molar-refractivity contribution is 0.0943. The molecule has 0 atom stereocenters. The summed E-state index contributed by atoms with van der Waals surface area (Å²) in [7, 11) is 0. The molecule has 1 amide bonds. The second-order valence-corrected chi connectivity index (χ2v) is 6.83. The molecule has 6 nitrogen and oxygen atoms in total.